The molecule has 1 N–H and O–H groups in total. The van der Waals surface area contributed by atoms with E-state index in [9.17, 15) is 0 Å². The minimum Gasteiger partial charge on any atom is -0.381 e. The normalized spacial score (nSPS) is 26.5. The Morgan fingerprint density at radius 3 is 2.48 bits per heavy atom. The largest absolute Gasteiger partial charge is 0.381 e. The highest BCUT2D eigenvalue weighted by molar-refractivity contribution is 14.0. The molecule has 27 heavy (non-hydrogen) atoms. The molecule has 0 bridgehead atoms. The van der Waals surface area contributed by atoms with Crippen molar-refractivity contribution in [3.63, 3.8) is 0 Å². The molecule has 1 aromatic carbocycles. The molecule has 0 amide bonds. The molecule has 150 valence electrons. The van der Waals surface area contributed by atoms with Gasteiger partial charge in [-0.15, -0.1) is 24.0 Å². The van der Waals surface area contributed by atoms with Crippen molar-refractivity contribution in [2.75, 3.05) is 54.0 Å². The molecule has 1 aliphatic carbocycles. The third kappa shape index (κ3) is 3.98. The average molecular weight is 484 g/mol. The number of hydrogen-bond acceptors (Lipinski definition) is 3. The van der Waals surface area contributed by atoms with Crippen LogP contribution in [0.5, 0.6) is 0 Å². The Labute approximate surface area is 180 Å². The smallest absolute Gasteiger partial charge is 0.193 e. The van der Waals surface area contributed by atoms with Crippen LogP contribution in [0.1, 0.15) is 24.0 Å². The van der Waals surface area contributed by atoms with Crippen LogP contribution < -0.4 is 5.32 Å². The molecule has 2 aliphatic heterocycles. The third-order valence-electron chi connectivity index (χ3n) is 6.82. The molecule has 3 aliphatic rings. The summed E-state index contributed by atoms with van der Waals surface area (Å²) in [7, 11) is 6.32. The van der Waals surface area contributed by atoms with E-state index in [-0.39, 0.29) is 29.5 Å². The molecular formula is C21H33IN4O. The predicted molar refractivity (Wildman–Crippen MR) is 121 cm³/mol. The summed E-state index contributed by atoms with van der Waals surface area (Å²) < 4.78 is 5.67. The molecule has 0 saturated carbocycles. The molecule has 0 radical (unpaired) electrons. The minimum atomic E-state index is 0. The van der Waals surface area contributed by atoms with Crippen molar-refractivity contribution in [1.82, 2.24) is 15.1 Å². The number of nitrogens with one attached hydrogen (secondary N) is 1. The van der Waals surface area contributed by atoms with Gasteiger partial charge in [-0.3, -0.25) is 4.99 Å². The lowest BCUT2D eigenvalue weighted by Gasteiger charge is -2.38. The molecule has 2 fully saturated rings. The number of benzene rings is 1. The highest BCUT2D eigenvalue weighted by Gasteiger charge is 2.43. The van der Waals surface area contributed by atoms with Crippen LogP contribution in [0.3, 0.4) is 0 Å². The molecule has 2 heterocycles. The summed E-state index contributed by atoms with van der Waals surface area (Å²) in [5, 5.41) is 3.71. The maximum Gasteiger partial charge on any atom is 0.193 e. The van der Waals surface area contributed by atoms with Crippen LogP contribution in [0.25, 0.3) is 0 Å². The van der Waals surface area contributed by atoms with Gasteiger partial charge in [0, 0.05) is 44.2 Å². The van der Waals surface area contributed by atoms with Crippen LogP contribution in [0, 0.1) is 5.41 Å². The summed E-state index contributed by atoms with van der Waals surface area (Å²) in [6.07, 6.45) is 4.60. The van der Waals surface area contributed by atoms with E-state index < -0.39 is 0 Å². The zero-order valence-corrected chi connectivity index (χ0v) is 19.2. The van der Waals surface area contributed by atoms with E-state index in [2.05, 4.69) is 58.5 Å². The molecular weight excluding hydrogens is 451 g/mol. The fraction of sp³-hybridized carbons (Fsp3) is 0.667. The first-order chi connectivity index (χ1) is 12.6. The summed E-state index contributed by atoms with van der Waals surface area (Å²) in [6.45, 7) is 4.90. The standard InChI is InChI=1S/C21H32N4O.HI/c1-22-19(25-10-8-20(15-25)9-11-26-16-20)23-14-21(24(2)3)12-17-6-4-5-7-18(17)13-21;/h4-7H,8-16H2,1-3H3,(H,22,23);1H. The first-order valence-electron chi connectivity index (χ1n) is 9.84. The van der Waals surface area contributed by atoms with Crippen LogP contribution in [0.15, 0.2) is 29.3 Å². The lowest BCUT2D eigenvalue weighted by atomic mass is 9.87. The van der Waals surface area contributed by atoms with Crippen molar-refractivity contribution in [1.29, 1.82) is 0 Å². The Hall–Kier alpha value is -0.860. The second kappa shape index (κ2) is 8.25. The van der Waals surface area contributed by atoms with Gasteiger partial charge in [-0.1, -0.05) is 24.3 Å². The van der Waals surface area contributed by atoms with E-state index in [0.717, 1.165) is 51.6 Å². The molecule has 4 rings (SSSR count). The van der Waals surface area contributed by atoms with Crippen molar-refractivity contribution < 1.29 is 4.74 Å². The fourth-order valence-corrected chi connectivity index (χ4v) is 4.94. The number of guanidine groups is 1. The summed E-state index contributed by atoms with van der Waals surface area (Å²) in [6, 6.07) is 8.87. The number of likely N-dealkylation sites (N-methyl/N-ethyl adjacent to an activating group) is 1. The van der Waals surface area contributed by atoms with Gasteiger partial charge in [-0.2, -0.15) is 0 Å². The first-order valence-corrected chi connectivity index (χ1v) is 9.84. The minimum absolute atomic E-state index is 0. The number of rotatable bonds is 3. The van der Waals surface area contributed by atoms with Gasteiger partial charge in [-0.25, -0.2) is 0 Å². The topological polar surface area (TPSA) is 40.1 Å². The van der Waals surface area contributed by atoms with Gasteiger partial charge in [0.05, 0.1) is 6.61 Å². The van der Waals surface area contributed by atoms with Crippen LogP contribution >= 0.6 is 24.0 Å². The number of likely N-dealkylation sites (tertiary alicyclic amines) is 1. The Balaban J connectivity index is 0.00000210. The van der Waals surface area contributed by atoms with Gasteiger partial charge < -0.3 is 19.9 Å². The Morgan fingerprint density at radius 2 is 1.93 bits per heavy atom. The first kappa shape index (κ1) is 20.9. The van der Waals surface area contributed by atoms with Crippen molar-refractivity contribution in [2.45, 2.75) is 31.2 Å². The van der Waals surface area contributed by atoms with E-state index in [1.54, 1.807) is 0 Å². The molecule has 2 saturated heterocycles. The van der Waals surface area contributed by atoms with Gasteiger partial charge in [0.2, 0.25) is 0 Å². The van der Waals surface area contributed by atoms with Crippen LogP contribution in [0.2, 0.25) is 0 Å². The average Bonchev–Trinajstić information content (AvgIpc) is 3.35. The predicted octanol–water partition coefficient (Wildman–Crippen LogP) is 2.39. The van der Waals surface area contributed by atoms with Crippen molar-refractivity contribution in [2.24, 2.45) is 10.4 Å². The number of ether oxygens (including phenoxy) is 1. The van der Waals surface area contributed by atoms with E-state index in [4.69, 9.17) is 4.74 Å². The Morgan fingerprint density at radius 1 is 1.22 bits per heavy atom. The Bertz CT molecular complexity index is 660. The number of hydrogen-bond donors (Lipinski definition) is 1. The molecule has 1 aromatic rings. The lowest BCUT2D eigenvalue weighted by molar-refractivity contribution is 0.155. The fourth-order valence-electron chi connectivity index (χ4n) is 4.94. The summed E-state index contributed by atoms with van der Waals surface area (Å²) in [5.41, 5.74) is 3.45. The molecule has 5 nitrogen and oxygen atoms in total. The third-order valence-corrected chi connectivity index (χ3v) is 6.82. The van der Waals surface area contributed by atoms with Gasteiger partial charge in [0.15, 0.2) is 5.96 Å². The monoisotopic (exact) mass is 484 g/mol. The highest BCUT2D eigenvalue weighted by atomic mass is 127. The quantitative estimate of drug-likeness (QED) is 0.407. The number of aliphatic imine (C=N–C) groups is 1. The number of nitrogens with zero attached hydrogens (tertiary/aromatic N) is 3. The molecule has 0 aromatic heterocycles. The van der Waals surface area contributed by atoms with Crippen molar-refractivity contribution >= 4 is 29.9 Å². The van der Waals surface area contributed by atoms with Gasteiger partial charge in [0.1, 0.15) is 0 Å². The summed E-state index contributed by atoms with van der Waals surface area (Å²) in [5.74, 6) is 1.05. The zero-order valence-electron chi connectivity index (χ0n) is 16.8. The van der Waals surface area contributed by atoms with E-state index in [0.29, 0.717) is 5.41 Å². The zero-order chi connectivity index (χ0) is 18.2. The van der Waals surface area contributed by atoms with Crippen molar-refractivity contribution in [3.05, 3.63) is 35.4 Å². The van der Waals surface area contributed by atoms with Gasteiger partial charge in [-0.05, 0) is 50.9 Å². The summed E-state index contributed by atoms with van der Waals surface area (Å²) in [4.78, 5) is 9.42. The van der Waals surface area contributed by atoms with Crippen molar-refractivity contribution in [3.8, 4) is 0 Å². The van der Waals surface area contributed by atoms with Crippen LogP contribution in [-0.4, -0.2) is 75.3 Å². The van der Waals surface area contributed by atoms with E-state index in [1.165, 1.54) is 24.0 Å². The number of halogens is 1. The maximum absolute atomic E-state index is 5.67. The second-order valence-electron chi connectivity index (χ2n) is 8.62. The van der Waals surface area contributed by atoms with E-state index >= 15 is 0 Å². The molecule has 6 heteroatoms. The highest BCUT2D eigenvalue weighted by Crippen LogP contribution is 2.38. The molecule has 1 unspecified atom stereocenters. The maximum atomic E-state index is 5.67. The lowest BCUT2D eigenvalue weighted by Crippen LogP contribution is -2.55. The molecule has 1 atom stereocenters. The number of fused-ring (bicyclic) bond motifs is 1. The van der Waals surface area contributed by atoms with Gasteiger partial charge >= 0.3 is 0 Å². The summed E-state index contributed by atoms with van der Waals surface area (Å²) >= 11 is 0. The SMILES string of the molecule is CN=C(NCC1(N(C)C)Cc2ccccc2C1)N1CCC2(CCOC2)C1.I. The van der Waals surface area contributed by atoms with E-state index in [1.807, 2.05) is 7.05 Å². The van der Waals surface area contributed by atoms with Crippen LogP contribution in [0.4, 0.5) is 0 Å². The molecule has 1 spiro atoms. The van der Waals surface area contributed by atoms with Crippen LogP contribution in [-0.2, 0) is 17.6 Å². The Kier molecular flexibility index (Phi) is 6.37. The second-order valence-corrected chi connectivity index (χ2v) is 8.62. The van der Waals surface area contributed by atoms with Gasteiger partial charge in [0.25, 0.3) is 0 Å².